The Hall–Kier alpha value is -1.61. The number of hydrogen-bond acceptors (Lipinski definition) is 3. The van der Waals surface area contributed by atoms with Gasteiger partial charge in [0.1, 0.15) is 10.6 Å². The van der Waals surface area contributed by atoms with Crippen LogP contribution < -0.4 is 4.74 Å². The van der Waals surface area contributed by atoms with Crippen LogP contribution in [-0.2, 0) is 9.84 Å². The largest absolute Gasteiger partial charge is 0.497 e. The van der Waals surface area contributed by atoms with E-state index in [1.165, 1.54) is 19.2 Å². The molecule has 0 atom stereocenters. The second-order valence-electron chi connectivity index (χ2n) is 4.08. The van der Waals surface area contributed by atoms with Gasteiger partial charge in [-0.3, -0.25) is 0 Å². The first-order chi connectivity index (χ1) is 10.2. The predicted octanol–water partition coefficient (Wildman–Crippen LogP) is 3.85. The average Bonchev–Trinajstić information content (AvgIpc) is 2.51. The normalized spacial score (nSPS) is 11.5. The van der Waals surface area contributed by atoms with E-state index in [2.05, 4.69) is 15.9 Å². The first-order valence-electron chi connectivity index (χ1n) is 5.62. The summed E-state index contributed by atoms with van der Waals surface area (Å²) in [4.78, 5) is -2.06. The number of ether oxygens (including phenoxy) is 1. The van der Waals surface area contributed by atoms with Crippen molar-refractivity contribution >= 4 is 25.8 Å². The zero-order valence-corrected chi connectivity index (χ0v) is 13.2. The SMILES string of the molecule is COc1ccc(S(=O)(=O)c2c(F)c(F)c(F)c(Br)c2F)cc1. The highest BCUT2D eigenvalue weighted by molar-refractivity contribution is 9.10. The quantitative estimate of drug-likeness (QED) is 0.341. The van der Waals surface area contributed by atoms with Crippen LogP contribution in [0.2, 0.25) is 0 Å². The molecular weight excluding hydrogens is 392 g/mol. The first-order valence-corrected chi connectivity index (χ1v) is 7.90. The van der Waals surface area contributed by atoms with Crippen molar-refractivity contribution in [3.63, 3.8) is 0 Å². The predicted molar refractivity (Wildman–Crippen MR) is 72.4 cm³/mol. The van der Waals surface area contributed by atoms with E-state index in [0.717, 1.165) is 12.1 Å². The second-order valence-corrected chi connectivity index (χ2v) is 6.76. The van der Waals surface area contributed by atoms with E-state index < -0.39 is 47.4 Å². The van der Waals surface area contributed by atoms with Gasteiger partial charge < -0.3 is 4.74 Å². The summed E-state index contributed by atoms with van der Waals surface area (Å²) in [5.41, 5.74) is 0. The van der Waals surface area contributed by atoms with Crippen molar-refractivity contribution in [2.24, 2.45) is 0 Å². The fraction of sp³-hybridized carbons (Fsp3) is 0.0769. The van der Waals surface area contributed by atoms with Crippen molar-refractivity contribution in [1.29, 1.82) is 0 Å². The number of halogens is 5. The van der Waals surface area contributed by atoms with Crippen molar-refractivity contribution in [2.45, 2.75) is 9.79 Å². The van der Waals surface area contributed by atoms with Crippen LogP contribution in [0.15, 0.2) is 38.5 Å². The molecule has 0 aliphatic heterocycles. The highest BCUT2D eigenvalue weighted by Gasteiger charge is 2.33. The van der Waals surface area contributed by atoms with Crippen molar-refractivity contribution in [3.05, 3.63) is 52.0 Å². The summed E-state index contributed by atoms with van der Waals surface area (Å²) in [6.07, 6.45) is 0. The molecule has 22 heavy (non-hydrogen) atoms. The molecule has 0 saturated heterocycles. The van der Waals surface area contributed by atoms with Crippen LogP contribution in [0, 0.1) is 23.3 Å². The molecule has 118 valence electrons. The molecule has 0 aromatic heterocycles. The number of rotatable bonds is 3. The maximum atomic E-state index is 13.9. The standard InChI is InChI=1S/C13H7BrF4O3S/c1-21-6-2-4-7(5-3-6)22(19,20)13-10(16)8(14)9(15)11(17)12(13)18/h2-5H,1H3. The maximum Gasteiger partial charge on any atom is 0.212 e. The van der Waals surface area contributed by atoms with Crippen molar-refractivity contribution < 1.29 is 30.7 Å². The summed E-state index contributed by atoms with van der Waals surface area (Å²) in [6.45, 7) is 0. The first kappa shape index (κ1) is 16.8. The van der Waals surface area contributed by atoms with Gasteiger partial charge in [0.05, 0.1) is 16.5 Å². The van der Waals surface area contributed by atoms with Gasteiger partial charge in [0.15, 0.2) is 23.3 Å². The number of hydrogen-bond donors (Lipinski definition) is 0. The molecule has 0 heterocycles. The van der Waals surface area contributed by atoms with Gasteiger partial charge in [-0.25, -0.2) is 26.0 Å². The van der Waals surface area contributed by atoms with Crippen molar-refractivity contribution in [3.8, 4) is 5.75 Å². The molecule has 9 heteroatoms. The Morgan fingerprint density at radius 2 is 1.45 bits per heavy atom. The Labute approximate surface area is 131 Å². The van der Waals surface area contributed by atoms with E-state index in [-0.39, 0.29) is 0 Å². The molecule has 3 nitrogen and oxygen atoms in total. The van der Waals surface area contributed by atoms with Crippen LogP contribution in [0.25, 0.3) is 0 Å². The number of benzene rings is 2. The second kappa shape index (κ2) is 5.88. The Morgan fingerprint density at radius 3 is 1.95 bits per heavy atom. The van der Waals surface area contributed by atoms with E-state index in [0.29, 0.717) is 5.75 Å². The van der Waals surface area contributed by atoms with Crippen LogP contribution in [0.1, 0.15) is 0 Å². The molecule has 0 aliphatic carbocycles. The molecule has 0 bridgehead atoms. The third kappa shape index (κ3) is 2.58. The van der Waals surface area contributed by atoms with Crippen molar-refractivity contribution in [2.75, 3.05) is 7.11 Å². The molecular formula is C13H7BrF4O3S. The Kier molecular flexibility index (Phi) is 4.48. The lowest BCUT2D eigenvalue weighted by atomic mass is 10.3. The fourth-order valence-electron chi connectivity index (χ4n) is 1.69. The monoisotopic (exact) mass is 398 g/mol. The van der Waals surface area contributed by atoms with Gasteiger partial charge in [-0.1, -0.05) is 0 Å². The van der Waals surface area contributed by atoms with Crippen LogP contribution in [0.5, 0.6) is 5.75 Å². The molecule has 0 radical (unpaired) electrons. The molecule has 0 fully saturated rings. The minimum Gasteiger partial charge on any atom is -0.497 e. The Bertz CT molecular complexity index is 806. The number of sulfone groups is 1. The molecule has 2 aromatic rings. The summed E-state index contributed by atoms with van der Waals surface area (Å²) in [7, 11) is -3.39. The molecule has 2 aromatic carbocycles. The van der Waals surface area contributed by atoms with Gasteiger partial charge in [-0.05, 0) is 40.2 Å². The average molecular weight is 399 g/mol. The van der Waals surface area contributed by atoms with E-state index in [4.69, 9.17) is 4.74 Å². The van der Waals surface area contributed by atoms with Gasteiger partial charge in [-0.15, -0.1) is 0 Å². The van der Waals surface area contributed by atoms with Crippen LogP contribution in [-0.4, -0.2) is 15.5 Å². The molecule has 0 saturated carbocycles. The lowest BCUT2D eigenvalue weighted by Gasteiger charge is -2.10. The summed E-state index contributed by atoms with van der Waals surface area (Å²) in [5.74, 6) is -7.48. The molecule has 0 spiro atoms. The Balaban J connectivity index is 2.73. The molecule has 2 rings (SSSR count). The van der Waals surface area contributed by atoms with E-state index in [1.54, 1.807) is 0 Å². The van der Waals surface area contributed by atoms with Crippen LogP contribution >= 0.6 is 15.9 Å². The summed E-state index contributed by atoms with van der Waals surface area (Å²) in [6, 6.07) is 4.56. The van der Waals surface area contributed by atoms with Crippen LogP contribution in [0.3, 0.4) is 0 Å². The lowest BCUT2D eigenvalue weighted by Crippen LogP contribution is -2.11. The highest BCUT2D eigenvalue weighted by Crippen LogP contribution is 2.34. The minimum atomic E-state index is -4.73. The summed E-state index contributed by atoms with van der Waals surface area (Å²) >= 11 is 2.36. The third-order valence-corrected chi connectivity index (χ3v) is 5.29. The smallest absolute Gasteiger partial charge is 0.212 e. The molecule has 0 unspecified atom stereocenters. The summed E-state index contributed by atoms with van der Waals surface area (Å²) in [5, 5.41) is 0. The zero-order valence-electron chi connectivity index (χ0n) is 10.8. The van der Waals surface area contributed by atoms with Crippen LogP contribution in [0.4, 0.5) is 17.6 Å². The van der Waals surface area contributed by atoms with Gasteiger partial charge in [-0.2, -0.15) is 0 Å². The minimum absolute atomic E-state index is 0.311. The Morgan fingerprint density at radius 1 is 0.909 bits per heavy atom. The highest BCUT2D eigenvalue weighted by atomic mass is 79.9. The molecule has 0 N–H and O–H groups in total. The van der Waals surface area contributed by atoms with E-state index in [1.807, 2.05) is 0 Å². The molecule has 0 aliphatic rings. The van der Waals surface area contributed by atoms with Gasteiger partial charge >= 0.3 is 0 Å². The van der Waals surface area contributed by atoms with Gasteiger partial charge in [0.25, 0.3) is 0 Å². The topological polar surface area (TPSA) is 43.4 Å². The fourth-order valence-corrected chi connectivity index (χ4v) is 3.59. The summed E-state index contributed by atoms with van der Waals surface area (Å²) < 4.78 is 82.5. The van der Waals surface area contributed by atoms with Gasteiger partial charge in [0.2, 0.25) is 9.84 Å². The van der Waals surface area contributed by atoms with E-state index >= 15 is 0 Å². The maximum absolute atomic E-state index is 13.9. The zero-order chi connectivity index (χ0) is 16.7. The van der Waals surface area contributed by atoms with E-state index in [9.17, 15) is 26.0 Å². The van der Waals surface area contributed by atoms with Crippen molar-refractivity contribution in [1.82, 2.24) is 0 Å². The third-order valence-electron chi connectivity index (χ3n) is 2.81. The number of methoxy groups -OCH3 is 1. The molecule has 0 amide bonds. The lowest BCUT2D eigenvalue weighted by molar-refractivity contribution is 0.406. The van der Waals surface area contributed by atoms with Gasteiger partial charge in [0, 0.05) is 0 Å².